The zero-order valence-corrected chi connectivity index (χ0v) is 8.44. The second-order valence-corrected chi connectivity index (χ2v) is 3.73. The van der Waals surface area contributed by atoms with Crippen LogP contribution in [-0.4, -0.2) is 22.3 Å². The quantitative estimate of drug-likeness (QED) is 0.769. The molecule has 0 bridgehead atoms. The zero-order valence-electron chi connectivity index (χ0n) is 8.44. The Labute approximate surface area is 86.7 Å². The predicted octanol–water partition coefficient (Wildman–Crippen LogP) is 0.106. The van der Waals surface area contributed by atoms with Gasteiger partial charge in [0.25, 0.3) is 5.56 Å². The number of aromatic nitrogens is 2. The lowest BCUT2D eigenvalue weighted by Gasteiger charge is -2.09. The molecule has 5 heteroatoms. The lowest BCUT2D eigenvalue weighted by molar-refractivity contribution is 0.1000. The second-order valence-electron chi connectivity index (χ2n) is 3.73. The lowest BCUT2D eigenvalue weighted by atomic mass is 10.2. The van der Waals surface area contributed by atoms with E-state index in [1.807, 2.05) is 0 Å². The van der Waals surface area contributed by atoms with Crippen LogP contribution < -0.4 is 11.2 Å². The molecule has 1 unspecified atom stereocenters. The van der Waals surface area contributed by atoms with E-state index in [1.165, 1.54) is 16.8 Å². The molecular formula is C10H14N2O3. The first-order chi connectivity index (χ1) is 7.25. The first-order valence-corrected chi connectivity index (χ1v) is 5.17. The number of hydrogen-bond donors (Lipinski definition) is 1. The minimum absolute atomic E-state index is 0.267. The van der Waals surface area contributed by atoms with Crippen LogP contribution in [0.1, 0.15) is 19.3 Å². The van der Waals surface area contributed by atoms with Crippen LogP contribution in [0.4, 0.5) is 0 Å². The van der Waals surface area contributed by atoms with Gasteiger partial charge in [0, 0.05) is 25.4 Å². The third kappa shape index (κ3) is 2.56. The molecule has 1 aliphatic rings. The van der Waals surface area contributed by atoms with Gasteiger partial charge in [0.05, 0.1) is 6.10 Å². The molecule has 15 heavy (non-hydrogen) atoms. The van der Waals surface area contributed by atoms with Crippen molar-refractivity contribution in [2.24, 2.45) is 0 Å². The highest BCUT2D eigenvalue weighted by molar-refractivity contribution is 4.82. The first kappa shape index (κ1) is 10.2. The van der Waals surface area contributed by atoms with Crippen LogP contribution in [0.25, 0.3) is 0 Å². The predicted molar refractivity (Wildman–Crippen MR) is 54.9 cm³/mol. The molecule has 0 radical (unpaired) electrons. The van der Waals surface area contributed by atoms with Gasteiger partial charge >= 0.3 is 5.69 Å². The molecule has 1 N–H and O–H groups in total. The normalized spacial score (nSPS) is 20.7. The highest BCUT2D eigenvalue weighted by atomic mass is 16.5. The highest BCUT2D eigenvalue weighted by Gasteiger charge is 2.15. The summed E-state index contributed by atoms with van der Waals surface area (Å²) in [6.07, 6.45) is 4.79. The summed E-state index contributed by atoms with van der Waals surface area (Å²) >= 11 is 0. The number of H-pyrrole nitrogens is 1. The van der Waals surface area contributed by atoms with Crippen LogP contribution in [0.5, 0.6) is 0 Å². The standard InChI is InChI=1S/C10H14N2O3/c13-9-4-6-12(10(14)11-9)5-3-8-2-1-7-15-8/h4,6,8H,1-3,5,7H2,(H,11,13,14). The molecule has 1 aliphatic heterocycles. The van der Waals surface area contributed by atoms with Crippen LogP contribution in [0, 0.1) is 0 Å². The summed E-state index contributed by atoms with van der Waals surface area (Å²) in [5.41, 5.74) is -0.700. The van der Waals surface area contributed by atoms with Crippen molar-refractivity contribution in [2.75, 3.05) is 6.61 Å². The Hall–Kier alpha value is -1.36. The van der Waals surface area contributed by atoms with E-state index in [9.17, 15) is 9.59 Å². The Bertz CT molecular complexity index is 429. The molecule has 1 aromatic heterocycles. The number of ether oxygens (including phenoxy) is 1. The van der Waals surface area contributed by atoms with Gasteiger partial charge in [0.2, 0.25) is 0 Å². The molecule has 0 amide bonds. The van der Waals surface area contributed by atoms with E-state index in [4.69, 9.17) is 4.74 Å². The van der Waals surface area contributed by atoms with Gasteiger partial charge in [0.15, 0.2) is 0 Å². The Kier molecular flexibility index (Phi) is 3.01. The zero-order chi connectivity index (χ0) is 10.7. The van der Waals surface area contributed by atoms with Gasteiger partial charge < -0.3 is 9.30 Å². The first-order valence-electron chi connectivity index (χ1n) is 5.17. The Balaban J connectivity index is 1.98. The number of nitrogens with one attached hydrogen (secondary N) is 1. The van der Waals surface area contributed by atoms with E-state index in [-0.39, 0.29) is 17.4 Å². The number of aromatic amines is 1. The van der Waals surface area contributed by atoms with Gasteiger partial charge in [-0.05, 0) is 19.3 Å². The molecule has 0 aromatic carbocycles. The summed E-state index contributed by atoms with van der Waals surface area (Å²) in [4.78, 5) is 24.3. The topological polar surface area (TPSA) is 64.1 Å². The van der Waals surface area contributed by atoms with E-state index < -0.39 is 0 Å². The van der Waals surface area contributed by atoms with Crippen LogP contribution in [-0.2, 0) is 11.3 Å². The second kappa shape index (κ2) is 4.44. The monoisotopic (exact) mass is 210 g/mol. The van der Waals surface area contributed by atoms with E-state index >= 15 is 0 Å². The molecule has 1 fully saturated rings. The molecule has 1 saturated heterocycles. The minimum Gasteiger partial charge on any atom is -0.378 e. The fraction of sp³-hybridized carbons (Fsp3) is 0.600. The molecule has 82 valence electrons. The molecule has 1 atom stereocenters. The number of aryl methyl sites for hydroxylation is 1. The van der Waals surface area contributed by atoms with E-state index in [0.717, 1.165) is 25.9 Å². The fourth-order valence-electron chi connectivity index (χ4n) is 1.78. The van der Waals surface area contributed by atoms with Crippen molar-refractivity contribution in [3.05, 3.63) is 33.1 Å². The van der Waals surface area contributed by atoms with Gasteiger partial charge in [0.1, 0.15) is 0 Å². The molecule has 0 spiro atoms. The third-order valence-electron chi connectivity index (χ3n) is 2.61. The maximum atomic E-state index is 11.3. The summed E-state index contributed by atoms with van der Waals surface area (Å²) in [5, 5.41) is 0. The van der Waals surface area contributed by atoms with Crippen LogP contribution in [0.15, 0.2) is 21.9 Å². The summed E-state index contributed by atoms with van der Waals surface area (Å²) in [6, 6.07) is 1.36. The average molecular weight is 210 g/mol. The SMILES string of the molecule is O=c1ccn(CCC2CCCO2)c(=O)[nH]1. The van der Waals surface area contributed by atoms with Crippen molar-refractivity contribution in [3.8, 4) is 0 Å². The Morgan fingerprint density at radius 2 is 2.40 bits per heavy atom. The van der Waals surface area contributed by atoms with Crippen molar-refractivity contribution in [1.29, 1.82) is 0 Å². The molecule has 1 aromatic rings. The van der Waals surface area contributed by atoms with Crippen molar-refractivity contribution in [2.45, 2.75) is 31.9 Å². The Morgan fingerprint density at radius 3 is 3.07 bits per heavy atom. The molecule has 2 rings (SSSR count). The summed E-state index contributed by atoms with van der Waals surface area (Å²) < 4.78 is 6.95. The molecule has 0 saturated carbocycles. The molecular weight excluding hydrogens is 196 g/mol. The molecule has 2 heterocycles. The van der Waals surface area contributed by atoms with Gasteiger partial charge in [-0.2, -0.15) is 0 Å². The highest BCUT2D eigenvalue weighted by Crippen LogP contribution is 2.15. The van der Waals surface area contributed by atoms with Gasteiger partial charge in [-0.1, -0.05) is 0 Å². The maximum absolute atomic E-state index is 11.3. The number of hydrogen-bond acceptors (Lipinski definition) is 3. The molecule has 5 nitrogen and oxygen atoms in total. The van der Waals surface area contributed by atoms with Crippen LogP contribution in [0.3, 0.4) is 0 Å². The molecule has 0 aliphatic carbocycles. The van der Waals surface area contributed by atoms with Crippen molar-refractivity contribution >= 4 is 0 Å². The lowest BCUT2D eigenvalue weighted by Crippen LogP contribution is -2.29. The van der Waals surface area contributed by atoms with Crippen molar-refractivity contribution in [3.63, 3.8) is 0 Å². The maximum Gasteiger partial charge on any atom is 0.328 e. The van der Waals surface area contributed by atoms with E-state index in [2.05, 4.69) is 4.98 Å². The fourth-order valence-corrected chi connectivity index (χ4v) is 1.78. The van der Waals surface area contributed by atoms with Gasteiger partial charge in [-0.15, -0.1) is 0 Å². The Morgan fingerprint density at radius 1 is 1.53 bits per heavy atom. The van der Waals surface area contributed by atoms with Crippen molar-refractivity contribution in [1.82, 2.24) is 9.55 Å². The van der Waals surface area contributed by atoms with Crippen LogP contribution in [0.2, 0.25) is 0 Å². The summed E-state index contributed by atoms with van der Waals surface area (Å²) in [7, 11) is 0. The third-order valence-corrected chi connectivity index (χ3v) is 2.61. The smallest absolute Gasteiger partial charge is 0.328 e. The van der Waals surface area contributed by atoms with Gasteiger partial charge in [-0.3, -0.25) is 9.78 Å². The summed E-state index contributed by atoms with van der Waals surface area (Å²) in [6.45, 7) is 1.42. The minimum atomic E-state index is -0.353. The number of rotatable bonds is 3. The van der Waals surface area contributed by atoms with Crippen molar-refractivity contribution < 1.29 is 4.74 Å². The largest absolute Gasteiger partial charge is 0.378 e. The van der Waals surface area contributed by atoms with E-state index in [0.29, 0.717) is 6.54 Å². The van der Waals surface area contributed by atoms with Gasteiger partial charge in [-0.25, -0.2) is 4.79 Å². The van der Waals surface area contributed by atoms with Crippen LogP contribution >= 0.6 is 0 Å². The average Bonchev–Trinajstić information content (AvgIpc) is 2.69. The number of nitrogens with zero attached hydrogens (tertiary/aromatic N) is 1. The van der Waals surface area contributed by atoms with E-state index in [1.54, 1.807) is 0 Å². The summed E-state index contributed by atoms with van der Waals surface area (Å²) in [5.74, 6) is 0.